The van der Waals surface area contributed by atoms with Gasteiger partial charge in [0.25, 0.3) is 0 Å². The van der Waals surface area contributed by atoms with Gasteiger partial charge in [-0.3, -0.25) is 4.99 Å². The normalized spacial score (nSPS) is 27.6. The largest absolute Gasteiger partial charge is 0.359 e. The second kappa shape index (κ2) is 6.29. The molecule has 0 aromatic carbocycles. The summed E-state index contributed by atoms with van der Waals surface area (Å²) < 4.78 is 0. The van der Waals surface area contributed by atoms with E-state index in [0.29, 0.717) is 11.6 Å². The average molecular weight is 269 g/mol. The Morgan fingerprint density at radius 1 is 1.33 bits per heavy atom. The van der Waals surface area contributed by atoms with E-state index in [-0.39, 0.29) is 0 Å². The molecule has 2 fully saturated rings. The van der Waals surface area contributed by atoms with E-state index in [0.717, 1.165) is 6.54 Å². The van der Waals surface area contributed by atoms with Crippen molar-refractivity contribution in [3.8, 4) is 0 Å². The molecule has 4 heteroatoms. The first-order valence-electron chi connectivity index (χ1n) is 7.38. The molecule has 2 saturated heterocycles. The summed E-state index contributed by atoms with van der Waals surface area (Å²) in [6.45, 7) is 10.4. The zero-order valence-electron chi connectivity index (χ0n) is 12.0. The Morgan fingerprint density at radius 3 is 2.56 bits per heavy atom. The molecule has 18 heavy (non-hydrogen) atoms. The predicted molar refractivity (Wildman–Crippen MR) is 81.5 cm³/mol. The molecule has 0 aliphatic carbocycles. The molecule has 3 nitrogen and oxygen atoms in total. The van der Waals surface area contributed by atoms with Crippen molar-refractivity contribution in [1.82, 2.24) is 10.2 Å². The molecule has 1 N–H and O–H groups in total. The molecule has 0 aromatic heterocycles. The number of nitrogens with zero attached hydrogens (tertiary/aromatic N) is 2. The Morgan fingerprint density at radius 2 is 2.00 bits per heavy atom. The number of amidine groups is 1. The Balaban J connectivity index is 1.85. The van der Waals surface area contributed by atoms with Crippen molar-refractivity contribution < 1.29 is 0 Å². The van der Waals surface area contributed by atoms with E-state index in [4.69, 9.17) is 4.99 Å². The summed E-state index contributed by atoms with van der Waals surface area (Å²) in [6.07, 6.45) is 5.11. The van der Waals surface area contributed by atoms with Gasteiger partial charge in [-0.05, 0) is 45.7 Å². The lowest BCUT2D eigenvalue weighted by Gasteiger charge is -2.25. The summed E-state index contributed by atoms with van der Waals surface area (Å²) in [6, 6.07) is 0.419. The van der Waals surface area contributed by atoms with Crippen LogP contribution in [-0.4, -0.2) is 47.0 Å². The quantitative estimate of drug-likeness (QED) is 0.831. The molecule has 2 rings (SSSR count). The van der Waals surface area contributed by atoms with E-state index in [1.807, 2.05) is 11.8 Å². The van der Waals surface area contributed by atoms with Gasteiger partial charge in [0.1, 0.15) is 0 Å². The summed E-state index contributed by atoms with van der Waals surface area (Å²) in [5, 5.41) is 4.83. The van der Waals surface area contributed by atoms with Crippen molar-refractivity contribution in [1.29, 1.82) is 0 Å². The Bertz CT molecular complexity index is 293. The van der Waals surface area contributed by atoms with Crippen LogP contribution in [0.4, 0.5) is 0 Å². The van der Waals surface area contributed by atoms with Crippen LogP contribution in [0.15, 0.2) is 4.99 Å². The lowest BCUT2D eigenvalue weighted by molar-refractivity contribution is 0.321. The second-order valence-electron chi connectivity index (χ2n) is 5.69. The van der Waals surface area contributed by atoms with Crippen LogP contribution in [-0.2, 0) is 0 Å². The highest BCUT2D eigenvalue weighted by atomic mass is 32.2. The third kappa shape index (κ3) is 3.41. The number of hydrogen-bond donors (Lipinski definition) is 1. The fraction of sp³-hybridized carbons (Fsp3) is 0.929. The topological polar surface area (TPSA) is 27.6 Å². The Hall–Kier alpha value is -0.220. The monoisotopic (exact) mass is 269 g/mol. The van der Waals surface area contributed by atoms with E-state index < -0.39 is 0 Å². The van der Waals surface area contributed by atoms with Crippen LogP contribution < -0.4 is 5.32 Å². The Labute approximate surface area is 116 Å². The maximum absolute atomic E-state index is 4.86. The summed E-state index contributed by atoms with van der Waals surface area (Å²) in [7, 11) is 0. The summed E-state index contributed by atoms with van der Waals surface area (Å²) in [5.41, 5.74) is 0.302. The fourth-order valence-corrected chi connectivity index (χ4v) is 4.22. The minimum absolute atomic E-state index is 0.302. The first kappa shape index (κ1) is 14.2. The molecule has 0 amide bonds. The molecule has 1 unspecified atom stereocenters. The van der Waals surface area contributed by atoms with Gasteiger partial charge in [0.2, 0.25) is 0 Å². The lowest BCUT2D eigenvalue weighted by Crippen LogP contribution is -2.42. The molecule has 0 spiro atoms. The molecule has 1 atom stereocenters. The smallest absolute Gasteiger partial charge is 0.157 e. The molecule has 0 bridgehead atoms. The predicted octanol–water partition coefficient (Wildman–Crippen LogP) is 2.72. The average Bonchev–Trinajstić information content (AvgIpc) is 2.99. The van der Waals surface area contributed by atoms with E-state index in [1.54, 1.807) is 0 Å². The van der Waals surface area contributed by atoms with Gasteiger partial charge >= 0.3 is 0 Å². The van der Waals surface area contributed by atoms with Gasteiger partial charge in [0.05, 0.1) is 6.04 Å². The van der Waals surface area contributed by atoms with Crippen molar-refractivity contribution in [2.45, 2.75) is 58.0 Å². The van der Waals surface area contributed by atoms with Crippen LogP contribution in [0.5, 0.6) is 0 Å². The van der Waals surface area contributed by atoms with E-state index >= 15 is 0 Å². The number of aliphatic imine (C=N–C) groups is 1. The van der Waals surface area contributed by atoms with Crippen LogP contribution in [0.3, 0.4) is 0 Å². The third-order valence-electron chi connectivity index (χ3n) is 4.27. The number of nitrogens with one attached hydrogen (secondary N) is 1. The van der Waals surface area contributed by atoms with Gasteiger partial charge in [-0.15, -0.1) is 0 Å². The first-order valence-corrected chi connectivity index (χ1v) is 8.37. The fourth-order valence-electron chi connectivity index (χ4n) is 2.79. The number of likely N-dealkylation sites (tertiary alicyclic amines) is 1. The maximum Gasteiger partial charge on any atom is 0.157 e. The van der Waals surface area contributed by atoms with Crippen LogP contribution >= 0.6 is 11.8 Å². The van der Waals surface area contributed by atoms with Gasteiger partial charge in [-0.25, -0.2) is 0 Å². The van der Waals surface area contributed by atoms with Crippen LogP contribution in [0.25, 0.3) is 0 Å². The van der Waals surface area contributed by atoms with Crippen molar-refractivity contribution in [3.05, 3.63) is 0 Å². The lowest BCUT2D eigenvalue weighted by atomic mass is 9.96. The summed E-state index contributed by atoms with van der Waals surface area (Å²) in [4.78, 5) is 7.40. The molecular weight excluding hydrogens is 242 g/mol. The molecule has 2 heterocycles. The standard InChI is InChI=1S/C14H27N3S/c1-4-14(5-2)11-18-13(16-14)15-12(3)10-17-8-6-7-9-17/h12H,4-11H2,1-3H3,(H,15,16). The van der Waals surface area contributed by atoms with Crippen LogP contribution in [0, 0.1) is 0 Å². The Kier molecular flexibility index (Phi) is 4.96. The zero-order chi connectivity index (χ0) is 13.0. The van der Waals surface area contributed by atoms with Crippen molar-refractivity contribution in [2.24, 2.45) is 4.99 Å². The molecular formula is C14H27N3S. The molecule has 0 saturated carbocycles. The molecule has 0 radical (unpaired) electrons. The van der Waals surface area contributed by atoms with Crippen LogP contribution in [0.1, 0.15) is 46.5 Å². The van der Waals surface area contributed by atoms with Crippen LogP contribution in [0.2, 0.25) is 0 Å². The number of rotatable bonds is 5. The minimum Gasteiger partial charge on any atom is -0.359 e. The molecule has 104 valence electrons. The number of thioether (sulfide) groups is 1. The van der Waals surface area contributed by atoms with Gasteiger partial charge < -0.3 is 10.2 Å². The highest BCUT2D eigenvalue weighted by Gasteiger charge is 2.33. The third-order valence-corrected chi connectivity index (χ3v) is 5.45. The summed E-state index contributed by atoms with van der Waals surface area (Å²) >= 11 is 1.91. The van der Waals surface area contributed by atoms with E-state index in [2.05, 4.69) is 31.0 Å². The van der Waals surface area contributed by atoms with Gasteiger partial charge in [-0.1, -0.05) is 25.6 Å². The van der Waals surface area contributed by atoms with Gasteiger partial charge in [0.15, 0.2) is 5.17 Å². The van der Waals surface area contributed by atoms with E-state index in [1.165, 1.54) is 49.7 Å². The van der Waals surface area contributed by atoms with E-state index in [9.17, 15) is 0 Å². The summed E-state index contributed by atoms with van der Waals surface area (Å²) in [5.74, 6) is 1.18. The zero-order valence-corrected chi connectivity index (χ0v) is 12.9. The number of hydrogen-bond acceptors (Lipinski definition) is 3. The van der Waals surface area contributed by atoms with Crippen molar-refractivity contribution in [3.63, 3.8) is 0 Å². The molecule has 2 aliphatic rings. The first-order chi connectivity index (χ1) is 8.67. The minimum atomic E-state index is 0.302. The second-order valence-corrected chi connectivity index (χ2v) is 6.66. The van der Waals surface area contributed by atoms with Gasteiger partial charge in [0, 0.05) is 17.8 Å². The van der Waals surface area contributed by atoms with Crippen molar-refractivity contribution >= 4 is 16.9 Å². The SMILES string of the molecule is CCC1(CC)CSC(=NC(C)CN2CCCC2)N1. The molecule has 0 aromatic rings. The highest BCUT2D eigenvalue weighted by Crippen LogP contribution is 2.29. The van der Waals surface area contributed by atoms with Crippen molar-refractivity contribution in [2.75, 3.05) is 25.4 Å². The maximum atomic E-state index is 4.86. The van der Waals surface area contributed by atoms with Gasteiger partial charge in [-0.2, -0.15) is 0 Å². The molecule has 2 aliphatic heterocycles. The highest BCUT2D eigenvalue weighted by molar-refractivity contribution is 8.14.